The smallest absolute Gasteiger partial charge is 0.416 e. The zero-order valence-corrected chi connectivity index (χ0v) is 16.6. The molecule has 0 spiro atoms. The van der Waals surface area contributed by atoms with E-state index in [1.807, 2.05) is 29.7 Å². The van der Waals surface area contributed by atoms with Crippen molar-refractivity contribution in [3.05, 3.63) is 47.7 Å². The molecule has 0 N–H and O–H groups in total. The van der Waals surface area contributed by atoms with Crippen LogP contribution in [0.15, 0.2) is 46.0 Å². The number of thioether (sulfide) groups is 1. The molecular formula is C21H15F3N4OS. The maximum Gasteiger partial charge on any atom is 0.416 e. The molecule has 30 heavy (non-hydrogen) atoms. The first-order chi connectivity index (χ1) is 14.3. The first kappa shape index (κ1) is 19.0. The van der Waals surface area contributed by atoms with Gasteiger partial charge in [-0.05, 0) is 54.5 Å². The quantitative estimate of drug-likeness (QED) is 0.383. The van der Waals surface area contributed by atoms with Gasteiger partial charge >= 0.3 is 6.18 Å². The normalized spacial score (nSPS) is 15.6. The topological polar surface area (TPSA) is 67.1 Å². The highest BCUT2D eigenvalue weighted by atomic mass is 32.2. The summed E-state index contributed by atoms with van der Waals surface area (Å²) in [5, 5.41) is 10.3. The molecule has 4 aromatic rings. The Morgan fingerprint density at radius 2 is 2.03 bits per heavy atom. The summed E-state index contributed by atoms with van der Waals surface area (Å²) in [5.74, 6) is 0.940. The van der Waals surface area contributed by atoms with Crippen LogP contribution in [0.4, 0.5) is 13.2 Å². The number of halogens is 3. The van der Waals surface area contributed by atoms with E-state index in [0.29, 0.717) is 11.3 Å². The van der Waals surface area contributed by atoms with Crippen LogP contribution in [-0.2, 0) is 11.6 Å². The van der Waals surface area contributed by atoms with Crippen LogP contribution in [0.25, 0.3) is 28.3 Å². The number of pyridine rings is 1. The SMILES string of the molecule is CCSc1c(-c2nc3cc(C(F)(F)F)ccc3o2)nc2cc(C3(C#N)CC3)ccn12. The summed E-state index contributed by atoms with van der Waals surface area (Å²) in [6, 6.07) is 9.43. The van der Waals surface area contributed by atoms with E-state index in [1.54, 1.807) is 11.8 Å². The molecule has 1 saturated carbocycles. The van der Waals surface area contributed by atoms with Crippen molar-refractivity contribution in [1.82, 2.24) is 14.4 Å². The van der Waals surface area contributed by atoms with Crippen molar-refractivity contribution in [3.63, 3.8) is 0 Å². The molecule has 1 fully saturated rings. The molecule has 0 saturated heterocycles. The highest BCUT2D eigenvalue weighted by Gasteiger charge is 2.45. The Kier molecular flexibility index (Phi) is 4.12. The maximum atomic E-state index is 13.0. The number of hydrogen-bond donors (Lipinski definition) is 0. The second-order valence-electron chi connectivity index (χ2n) is 7.24. The lowest BCUT2D eigenvalue weighted by molar-refractivity contribution is -0.137. The third-order valence-electron chi connectivity index (χ3n) is 5.30. The molecule has 0 aliphatic heterocycles. The van der Waals surface area contributed by atoms with E-state index in [-0.39, 0.29) is 17.0 Å². The Morgan fingerprint density at radius 1 is 1.23 bits per heavy atom. The zero-order valence-electron chi connectivity index (χ0n) is 15.8. The van der Waals surface area contributed by atoms with Gasteiger partial charge in [0.2, 0.25) is 5.89 Å². The third-order valence-corrected chi connectivity index (χ3v) is 6.25. The molecule has 3 heterocycles. The van der Waals surface area contributed by atoms with Gasteiger partial charge in [0, 0.05) is 6.20 Å². The number of fused-ring (bicyclic) bond motifs is 2. The lowest BCUT2D eigenvalue weighted by Gasteiger charge is -2.07. The molecule has 0 bridgehead atoms. The molecule has 0 unspecified atom stereocenters. The molecule has 0 radical (unpaired) electrons. The summed E-state index contributed by atoms with van der Waals surface area (Å²) in [6.45, 7) is 2.00. The first-order valence-electron chi connectivity index (χ1n) is 9.39. The Labute approximate surface area is 173 Å². The lowest BCUT2D eigenvalue weighted by atomic mass is 9.99. The van der Waals surface area contributed by atoms with Crippen LogP contribution in [0.1, 0.15) is 30.9 Å². The average Bonchev–Trinajstić information content (AvgIpc) is 3.28. The summed E-state index contributed by atoms with van der Waals surface area (Å²) in [6.07, 6.45) is -0.913. The number of hydrogen-bond acceptors (Lipinski definition) is 5. The van der Waals surface area contributed by atoms with E-state index in [0.717, 1.165) is 41.3 Å². The maximum absolute atomic E-state index is 13.0. The highest BCUT2D eigenvalue weighted by molar-refractivity contribution is 7.99. The van der Waals surface area contributed by atoms with E-state index in [2.05, 4.69) is 16.0 Å². The van der Waals surface area contributed by atoms with Crippen molar-refractivity contribution in [2.75, 3.05) is 5.75 Å². The number of oxazole rings is 1. The molecule has 5 nitrogen and oxygen atoms in total. The van der Waals surface area contributed by atoms with Crippen LogP contribution in [-0.4, -0.2) is 20.1 Å². The number of benzene rings is 1. The van der Waals surface area contributed by atoms with Crippen molar-refractivity contribution < 1.29 is 17.6 Å². The van der Waals surface area contributed by atoms with Crippen molar-refractivity contribution in [2.45, 2.75) is 36.4 Å². The molecule has 0 amide bonds. The summed E-state index contributed by atoms with van der Waals surface area (Å²) < 4.78 is 46.7. The minimum absolute atomic E-state index is 0.131. The zero-order chi connectivity index (χ0) is 21.1. The number of nitriles is 1. The van der Waals surface area contributed by atoms with Crippen LogP contribution in [0.3, 0.4) is 0 Å². The number of aromatic nitrogens is 3. The highest BCUT2D eigenvalue weighted by Crippen LogP contribution is 2.48. The fourth-order valence-electron chi connectivity index (χ4n) is 3.53. The Balaban J connectivity index is 1.65. The van der Waals surface area contributed by atoms with Crippen LogP contribution < -0.4 is 0 Å². The van der Waals surface area contributed by atoms with E-state index >= 15 is 0 Å². The van der Waals surface area contributed by atoms with Crippen molar-refractivity contribution in [3.8, 4) is 17.7 Å². The van der Waals surface area contributed by atoms with Crippen LogP contribution in [0.5, 0.6) is 0 Å². The fourth-order valence-corrected chi connectivity index (χ4v) is 4.37. The van der Waals surface area contributed by atoms with Crippen LogP contribution in [0, 0.1) is 11.3 Å². The Morgan fingerprint density at radius 3 is 2.70 bits per heavy atom. The van der Waals surface area contributed by atoms with Gasteiger partial charge in [-0.25, -0.2) is 9.97 Å². The van der Waals surface area contributed by atoms with Crippen molar-refractivity contribution in [1.29, 1.82) is 5.26 Å². The molecule has 1 aromatic carbocycles. The fraction of sp³-hybridized carbons (Fsp3) is 0.286. The standard InChI is InChI=1S/C21H15F3N4OS/c1-2-30-19-17(18-26-14-9-13(21(22,23)24)3-4-15(14)29-18)27-16-10-12(5-8-28(16)19)20(11-25)6-7-20/h3-5,8-10H,2,6-7H2,1H3. The first-order valence-corrected chi connectivity index (χ1v) is 10.4. The largest absolute Gasteiger partial charge is 0.435 e. The van der Waals surface area contributed by atoms with Crippen LogP contribution >= 0.6 is 11.8 Å². The number of nitrogens with zero attached hydrogens (tertiary/aromatic N) is 4. The number of imidazole rings is 1. The van der Waals surface area contributed by atoms with Gasteiger partial charge in [-0.1, -0.05) is 6.92 Å². The molecule has 5 rings (SSSR count). The Hall–Kier alpha value is -2.99. The third kappa shape index (κ3) is 2.94. The van der Waals surface area contributed by atoms with Gasteiger partial charge in [0.15, 0.2) is 11.3 Å². The van der Waals surface area contributed by atoms with Crippen molar-refractivity contribution >= 4 is 28.5 Å². The summed E-state index contributed by atoms with van der Waals surface area (Å²) in [4.78, 5) is 8.95. The average molecular weight is 428 g/mol. The summed E-state index contributed by atoms with van der Waals surface area (Å²) >= 11 is 1.54. The van der Waals surface area contributed by atoms with Crippen LogP contribution in [0.2, 0.25) is 0 Å². The monoisotopic (exact) mass is 428 g/mol. The minimum Gasteiger partial charge on any atom is -0.435 e. The van der Waals surface area contributed by atoms with Gasteiger partial charge in [-0.2, -0.15) is 18.4 Å². The number of rotatable bonds is 4. The van der Waals surface area contributed by atoms with Crippen molar-refractivity contribution in [2.24, 2.45) is 0 Å². The molecule has 1 aliphatic carbocycles. The van der Waals surface area contributed by atoms with E-state index in [1.165, 1.54) is 6.07 Å². The van der Waals surface area contributed by atoms with Gasteiger partial charge in [0.25, 0.3) is 0 Å². The van der Waals surface area contributed by atoms with Gasteiger partial charge in [-0.15, -0.1) is 11.8 Å². The summed E-state index contributed by atoms with van der Waals surface area (Å²) in [7, 11) is 0. The van der Waals surface area contributed by atoms with E-state index in [4.69, 9.17) is 4.42 Å². The van der Waals surface area contributed by atoms with E-state index < -0.39 is 17.2 Å². The predicted molar refractivity (Wildman–Crippen MR) is 106 cm³/mol. The van der Waals surface area contributed by atoms with Gasteiger partial charge < -0.3 is 4.42 Å². The molecule has 3 aromatic heterocycles. The Bertz CT molecular complexity index is 1330. The second kappa shape index (κ2) is 6.51. The molecular weight excluding hydrogens is 413 g/mol. The molecule has 0 atom stereocenters. The summed E-state index contributed by atoms with van der Waals surface area (Å²) in [5.41, 5.74) is 1.25. The molecule has 152 valence electrons. The number of alkyl halides is 3. The van der Waals surface area contributed by atoms with Gasteiger partial charge in [0.05, 0.1) is 17.0 Å². The lowest BCUT2D eigenvalue weighted by Crippen LogP contribution is -2.03. The van der Waals surface area contributed by atoms with Gasteiger partial charge in [-0.3, -0.25) is 4.40 Å². The van der Waals surface area contributed by atoms with Gasteiger partial charge in [0.1, 0.15) is 16.2 Å². The predicted octanol–water partition coefficient (Wildman–Crippen LogP) is 5.83. The molecule has 1 aliphatic rings. The minimum atomic E-state index is -4.45. The molecule has 9 heteroatoms. The second-order valence-corrected chi connectivity index (χ2v) is 8.49. The van der Waals surface area contributed by atoms with E-state index in [9.17, 15) is 18.4 Å².